The van der Waals surface area contributed by atoms with Gasteiger partial charge >= 0.3 is 0 Å². The average molecular weight is 363 g/mol. The number of nitrogens with one attached hydrogen (secondary N) is 1. The summed E-state index contributed by atoms with van der Waals surface area (Å²) < 4.78 is 2.86. The van der Waals surface area contributed by atoms with E-state index in [1.54, 1.807) is 0 Å². The molecule has 106 valence electrons. The van der Waals surface area contributed by atoms with Gasteiger partial charge in [-0.25, -0.2) is 4.98 Å². The zero-order chi connectivity index (χ0) is 14.8. The van der Waals surface area contributed by atoms with Gasteiger partial charge in [0, 0.05) is 16.4 Å². The molecule has 1 heterocycles. The van der Waals surface area contributed by atoms with Gasteiger partial charge in [0.2, 0.25) is 5.95 Å². The molecule has 0 atom stereocenters. The first-order chi connectivity index (χ1) is 10.1. The Balaban J connectivity index is 2.01. The third-order valence-electron chi connectivity index (χ3n) is 3.04. The number of halogens is 2. The topological polar surface area (TPSA) is 29.9 Å². The van der Waals surface area contributed by atoms with Crippen molar-refractivity contribution in [1.29, 1.82) is 0 Å². The van der Waals surface area contributed by atoms with Crippen molar-refractivity contribution in [1.82, 2.24) is 9.55 Å². The van der Waals surface area contributed by atoms with E-state index >= 15 is 0 Å². The van der Waals surface area contributed by atoms with Gasteiger partial charge in [-0.1, -0.05) is 29.8 Å². The molecule has 5 heteroatoms. The SMILES string of the molecule is Cc1cn(-c2ccc(Br)c(Cl)c2)c(Nc2ccccc2)n1. The molecule has 0 saturated heterocycles. The maximum atomic E-state index is 6.18. The zero-order valence-corrected chi connectivity index (χ0v) is 13.7. The van der Waals surface area contributed by atoms with Crippen LogP contribution in [0.2, 0.25) is 5.02 Å². The highest BCUT2D eigenvalue weighted by atomic mass is 79.9. The Morgan fingerprint density at radius 3 is 2.62 bits per heavy atom. The van der Waals surface area contributed by atoms with Crippen molar-refractivity contribution in [3.05, 3.63) is 69.9 Å². The summed E-state index contributed by atoms with van der Waals surface area (Å²) in [5.41, 5.74) is 2.89. The number of imidazole rings is 1. The van der Waals surface area contributed by atoms with Gasteiger partial charge in [0.1, 0.15) is 0 Å². The van der Waals surface area contributed by atoms with Crippen LogP contribution in [0, 0.1) is 6.92 Å². The number of para-hydroxylation sites is 1. The van der Waals surface area contributed by atoms with Crippen molar-refractivity contribution < 1.29 is 0 Å². The van der Waals surface area contributed by atoms with Crippen LogP contribution in [0.25, 0.3) is 5.69 Å². The summed E-state index contributed by atoms with van der Waals surface area (Å²) in [5.74, 6) is 0.761. The average Bonchev–Trinajstić information content (AvgIpc) is 2.84. The van der Waals surface area contributed by atoms with Crippen molar-refractivity contribution in [2.45, 2.75) is 6.92 Å². The molecule has 1 N–H and O–H groups in total. The fraction of sp³-hybridized carbons (Fsp3) is 0.0625. The molecule has 0 saturated carbocycles. The molecule has 0 fully saturated rings. The minimum atomic E-state index is 0.671. The molecule has 0 bridgehead atoms. The molecule has 21 heavy (non-hydrogen) atoms. The number of hydrogen-bond donors (Lipinski definition) is 1. The van der Waals surface area contributed by atoms with Gasteiger partial charge in [0.15, 0.2) is 0 Å². The summed E-state index contributed by atoms with van der Waals surface area (Å²) in [6.07, 6.45) is 1.98. The van der Waals surface area contributed by atoms with E-state index in [0.29, 0.717) is 5.02 Å². The van der Waals surface area contributed by atoms with Crippen molar-refractivity contribution in [2.75, 3.05) is 5.32 Å². The number of aryl methyl sites for hydroxylation is 1. The van der Waals surface area contributed by atoms with Crippen LogP contribution >= 0.6 is 27.5 Å². The van der Waals surface area contributed by atoms with Gasteiger partial charge in [0.05, 0.1) is 16.4 Å². The van der Waals surface area contributed by atoms with Crippen LogP contribution in [-0.2, 0) is 0 Å². The summed E-state index contributed by atoms with van der Waals surface area (Å²) >= 11 is 9.59. The monoisotopic (exact) mass is 361 g/mol. The van der Waals surface area contributed by atoms with E-state index in [9.17, 15) is 0 Å². The molecule has 3 aromatic rings. The van der Waals surface area contributed by atoms with Crippen LogP contribution in [0.4, 0.5) is 11.6 Å². The summed E-state index contributed by atoms with van der Waals surface area (Å²) in [5, 5.41) is 3.99. The molecule has 3 nitrogen and oxygen atoms in total. The molecular weight excluding hydrogens is 350 g/mol. The highest BCUT2D eigenvalue weighted by Crippen LogP contribution is 2.27. The predicted octanol–water partition coefficient (Wildman–Crippen LogP) is 5.34. The number of hydrogen-bond acceptors (Lipinski definition) is 2. The largest absolute Gasteiger partial charge is 0.325 e. The van der Waals surface area contributed by atoms with Crippen LogP contribution in [0.15, 0.2) is 59.2 Å². The second-order valence-electron chi connectivity index (χ2n) is 4.67. The lowest BCUT2D eigenvalue weighted by Crippen LogP contribution is -2.01. The van der Waals surface area contributed by atoms with Gasteiger partial charge in [-0.2, -0.15) is 0 Å². The van der Waals surface area contributed by atoms with E-state index in [1.165, 1.54) is 0 Å². The van der Waals surface area contributed by atoms with Crippen molar-refractivity contribution in [3.63, 3.8) is 0 Å². The maximum Gasteiger partial charge on any atom is 0.212 e. The Kier molecular flexibility index (Phi) is 3.99. The third-order valence-corrected chi connectivity index (χ3v) is 4.27. The van der Waals surface area contributed by atoms with Gasteiger partial charge in [-0.15, -0.1) is 0 Å². The lowest BCUT2D eigenvalue weighted by molar-refractivity contribution is 1.06. The number of aromatic nitrogens is 2. The molecule has 2 aromatic carbocycles. The van der Waals surface area contributed by atoms with Gasteiger partial charge in [-0.3, -0.25) is 4.57 Å². The van der Waals surface area contributed by atoms with Crippen molar-refractivity contribution in [3.8, 4) is 5.69 Å². The second-order valence-corrected chi connectivity index (χ2v) is 5.93. The molecule has 0 radical (unpaired) electrons. The molecular formula is C16H13BrClN3. The van der Waals surface area contributed by atoms with Gasteiger partial charge in [-0.05, 0) is 53.2 Å². The summed E-state index contributed by atoms with van der Waals surface area (Å²) in [6.45, 7) is 1.97. The van der Waals surface area contributed by atoms with Crippen molar-refractivity contribution in [2.24, 2.45) is 0 Å². The molecule has 1 aromatic heterocycles. The number of benzene rings is 2. The summed E-state index contributed by atoms with van der Waals surface area (Å²) in [6, 6.07) is 15.8. The van der Waals surface area contributed by atoms with Crippen LogP contribution < -0.4 is 5.32 Å². The van der Waals surface area contributed by atoms with E-state index in [2.05, 4.69) is 26.2 Å². The minimum Gasteiger partial charge on any atom is -0.325 e. The molecule has 0 aliphatic heterocycles. The number of rotatable bonds is 3. The first kappa shape index (κ1) is 14.2. The Labute approximate surface area is 136 Å². The smallest absolute Gasteiger partial charge is 0.212 e. The van der Waals surface area contributed by atoms with Crippen LogP contribution in [0.1, 0.15) is 5.69 Å². The molecule has 3 rings (SSSR count). The fourth-order valence-corrected chi connectivity index (χ4v) is 2.49. The fourth-order valence-electron chi connectivity index (χ4n) is 2.07. The van der Waals surface area contributed by atoms with E-state index < -0.39 is 0 Å². The first-order valence-corrected chi connectivity index (χ1v) is 7.64. The Hall–Kier alpha value is -1.78. The normalized spacial score (nSPS) is 10.6. The third kappa shape index (κ3) is 3.12. The number of anilines is 2. The van der Waals surface area contributed by atoms with E-state index in [0.717, 1.165) is 27.5 Å². The molecule has 0 spiro atoms. The Bertz CT molecular complexity index is 768. The maximum absolute atomic E-state index is 6.18. The number of nitrogens with zero attached hydrogens (tertiary/aromatic N) is 2. The van der Waals surface area contributed by atoms with Gasteiger partial charge in [0.25, 0.3) is 0 Å². The van der Waals surface area contributed by atoms with Crippen LogP contribution in [0.5, 0.6) is 0 Å². The molecule has 0 amide bonds. The van der Waals surface area contributed by atoms with Crippen molar-refractivity contribution >= 4 is 39.2 Å². The highest BCUT2D eigenvalue weighted by molar-refractivity contribution is 9.10. The quantitative estimate of drug-likeness (QED) is 0.681. The molecule has 0 aliphatic carbocycles. The van der Waals surface area contributed by atoms with Crippen LogP contribution in [0.3, 0.4) is 0 Å². The lowest BCUT2D eigenvalue weighted by atomic mass is 10.3. The molecule has 0 aliphatic rings. The van der Waals surface area contributed by atoms with E-state index in [-0.39, 0.29) is 0 Å². The van der Waals surface area contributed by atoms with E-state index in [1.807, 2.05) is 66.2 Å². The zero-order valence-electron chi connectivity index (χ0n) is 11.3. The molecule has 0 unspecified atom stereocenters. The van der Waals surface area contributed by atoms with Crippen LogP contribution in [-0.4, -0.2) is 9.55 Å². The summed E-state index contributed by atoms with van der Waals surface area (Å²) in [4.78, 5) is 4.53. The Morgan fingerprint density at radius 1 is 1.14 bits per heavy atom. The standard InChI is InChI=1S/C16H13BrClN3/c1-11-10-21(13-7-8-14(17)15(18)9-13)16(19-11)20-12-5-3-2-4-6-12/h2-10H,1H3,(H,19,20). The predicted molar refractivity (Wildman–Crippen MR) is 90.7 cm³/mol. The second kappa shape index (κ2) is 5.92. The Morgan fingerprint density at radius 2 is 1.90 bits per heavy atom. The van der Waals surface area contributed by atoms with Gasteiger partial charge < -0.3 is 5.32 Å². The van der Waals surface area contributed by atoms with E-state index in [4.69, 9.17) is 11.6 Å². The first-order valence-electron chi connectivity index (χ1n) is 6.47. The summed E-state index contributed by atoms with van der Waals surface area (Å²) in [7, 11) is 0. The lowest BCUT2D eigenvalue weighted by Gasteiger charge is -2.10. The minimum absolute atomic E-state index is 0.671. The highest BCUT2D eigenvalue weighted by Gasteiger charge is 2.09.